The Hall–Kier alpha value is -2.21. The summed E-state index contributed by atoms with van der Waals surface area (Å²) in [5.41, 5.74) is 1.59. The van der Waals surface area contributed by atoms with Gasteiger partial charge in [-0.3, -0.25) is 4.79 Å². The Morgan fingerprint density at radius 3 is 2.48 bits per heavy atom. The van der Waals surface area contributed by atoms with Crippen molar-refractivity contribution in [3.05, 3.63) is 59.4 Å². The van der Waals surface area contributed by atoms with Gasteiger partial charge in [0, 0.05) is 23.9 Å². The van der Waals surface area contributed by atoms with Crippen molar-refractivity contribution in [1.82, 2.24) is 4.90 Å². The van der Waals surface area contributed by atoms with E-state index < -0.39 is 0 Å². The molecule has 0 N–H and O–H groups in total. The van der Waals surface area contributed by atoms with E-state index in [9.17, 15) is 9.18 Å². The minimum atomic E-state index is -0.234. The van der Waals surface area contributed by atoms with E-state index >= 15 is 0 Å². The van der Waals surface area contributed by atoms with Crippen molar-refractivity contribution >= 4 is 17.7 Å². The van der Waals surface area contributed by atoms with Crippen molar-refractivity contribution in [2.75, 3.05) is 26.5 Å². The van der Waals surface area contributed by atoms with Gasteiger partial charge in [0.2, 0.25) is 5.91 Å². The molecule has 1 atom stereocenters. The highest BCUT2D eigenvalue weighted by molar-refractivity contribution is 8.00. The predicted octanol–water partition coefficient (Wildman–Crippen LogP) is 4.69. The molecule has 1 amide bonds. The third-order valence-corrected chi connectivity index (χ3v) is 5.52. The first-order valence-corrected chi connectivity index (χ1v) is 9.89. The van der Waals surface area contributed by atoms with Crippen LogP contribution in [0.25, 0.3) is 0 Å². The number of rotatable bonds is 9. The van der Waals surface area contributed by atoms with Crippen LogP contribution in [0.2, 0.25) is 0 Å². The Morgan fingerprint density at radius 1 is 1.15 bits per heavy atom. The summed E-state index contributed by atoms with van der Waals surface area (Å²) in [6.07, 6.45) is 0. The maximum Gasteiger partial charge on any atom is 0.232 e. The van der Waals surface area contributed by atoms with Crippen molar-refractivity contribution in [1.29, 1.82) is 0 Å². The molecule has 0 saturated heterocycles. The van der Waals surface area contributed by atoms with Gasteiger partial charge in [0.15, 0.2) is 11.5 Å². The molecule has 0 aliphatic carbocycles. The first-order valence-electron chi connectivity index (χ1n) is 8.84. The Labute approximate surface area is 164 Å². The first kappa shape index (κ1) is 21.1. The van der Waals surface area contributed by atoms with Crippen LogP contribution in [0.15, 0.2) is 42.5 Å². The molecule has 0 heterocycles. The number of amides is 1. The Balaban J connectivity index is 1.98. The summed E-state index contributed by atoms with van der Waals surface area (Å²) >= 11 is 1.44. The molecular weight excluding hydrogens is 365 g/mol. The van der Waals surface area contributed by atoms with Crippen LogP contribution < -0.4 is 9.47 Å². The minimum absolute atomic E-state index is 0.0282. The molecule has 6 heteroatoms. The molecule has 4 nitrogen and oxygen atoms in total. The zero-order chi connectivity index (χ0) is 19.8. The largest absolute Gasteiger partial charge is 0.493 e. The molecule has 0 fully saturated rings. The number of hydrogen-bond acceptors (Lipinski definition) is 4. The Kier molecular flexibility index (Phi) is 7.98. The van der Waals surface area contributed by atoms with Gasteiger partial charge in [0.05, 0.1) is 20.0 Å². The van der Waals surface area contributed by atoms with Gasteiger partial charge in [-0.05, 0) is 37.6 Å². The van der Waals surface area contributed by atoms with E-state index in [0.717, 1.165) is 5.56 Å². The molecule has 0 aliphatic heterocycles. The normalized spacial score (nSPS) is 11.7. The second-order valence-electron chi connectivity index (χ2n) is 6.07. The van der Waals surface area contributed by atoms with Crippen LogP contribution in [0, 0.1) is 5.82 Å². The number of halogens is 1. The topological polar surface area (TPSA) is 38.8 Å². The van der Waals surface area contributed by atoms with Crippen LogP contribution >= 0.6 is 11.8 Å². The van der Waals surface area contributed by atoms with Crippen molar-refractivity contribution in [2.24, 2.45) is 0 Å². The average molecular weight is 392 g/mol. The van der Waals surface area contributed by atoms with Crippen molar-refractivity contribution in [3.63, 3.8) is 0 Å². The molecule has 1 unspecified atom stereocenters. The zero-order valence-corrected chi connectivity index (χ0v) is 17.0. The number of benzene rings is 2. The lowest BCUT2D eigenvalue weighted by molar-refractivity contribution is -0.128. The van der Waals surface area contributed by atoms with Crippen LogP contribution in [0.4, 0.5) is 4.39 Å². The van der Waals surface area contributed by atoms with Gasteiger partial charge in [-0.2, -0.15) is 0 Å². The molecular formula is C21H26FNO3S. The number of carbonyl (C=O) groups excluding carboxylic acids is 1. The summed E-state index contributed by atoms with van der Waals surface area (Å²) in [6, 6.07) is 12.3. The fourth-order valence-electron chi connectivity index (χ4n) is 2.76. The summed E-state index contributed by atoms with van der Waals surface area (Å²) in [4.78, 5) is 14.4. The third-order valence-electron chi connectivity index (χ3n) is 4.36. The van der Waals surface area contributed by atoms with Gasteiger partial charge in [0.25, 0.3) is 0 Å². The fourth-order valence-corrected chi connectivity index (χ4v) is 3.70. The average Bonchev–Trinajstić information content (AvgIpc) is 2.70. The molecule has 27 heavy (non-hydrogen) atoms. The lowest BCUT2D eigenvalue weighted by atomic mass is 10.1. The highest BCUT2D eigenvalue weighted by Gasteiger charge is 2.17. The molecule has 0 radical (unpaired) electrons. The van der Waals surface area contributed by atoms with Gasteiger partial charge >= 0.3 is 0 Å². The summed E-state index contributed by atoms with van der Waals surface area (Å²) < 4.78 is 24.4. The number of methoxy groups -OCH3 is 2. The van der Waals surface area contributed by atoms with Gasteiger partial charge in [0.1, 0.15) is 5.82 Å². The molecule has 0 aromatic heterocycles. The highest BCUT2D eigenvalue weighted by atomic mass is 32.2. The molecule has 2 aromatic rings. The maximum absolute atomic E-state index is 13.9. The van der Waals surface area contributed by atoms with Gasteiger partial charge in [-0.1, -0.05) is 24.3 Å². The van der Waals surface area contributed by atoms with E-state index in [1.807, 2.05) is 38.1 Å². The summed E-state index contributed by atoms with van der Waals surface area (Å²) in [6.45, 7) is 4.96. The standard InChI is InChI=1S/C21H26FNO3S/c1-5-23(13-16-10-11-19(25-3)20(12-16)26-4)21(24)14-27-15(2)17-8-6-7-9-18(17)22/h6-12,15H,5,13-14H2,1-4H3. The molecule has 0 aliphatic rings. The Bertz CT molecular complexity index is 769. The lowest BCUT2D eigenvalue weighted by Crippen LogP contribution is -2.31. The predicted molar refractivity (Wildman–Crippen MR) is 108 cm³/mol. The second kappa shape index (κ2) is 10.2. The molecule has 2 rings (SSSR count). The number of hydrogen-bond donors (Lipinski definition) is 0. The Morgan fingerprint density at radius 2 is 1.85 bits per heavy atom. The van der Waals surface area contributed by atoms with Crippen molar-refractivity contribution in [3.8, 4) is 11.5 Å². The molecule has 2 aromatic carbocycles. The van der Waals surface area contributed by atoms with Crippen LogP contribution in [-0.4, -0.2) is 37.3 Å². The molecule has 0 bridgehead atoms. The van der Waals surface area contributed by atoms with E-state index in [0.29, 0.717) is 35.9 Å². The number of nitrogens with zero attached hydrogens (tertiary/aromatic N) is 1. The van der Waals surface area contributed by atoms with E-state index in [2.05, 4.69) is 0 Å². The third kappa shape index (κ3) is 5.63. The van der Waals surface area contributed by atoms with E-state index in [4.69, 9.17) is 9.47 Å². The van der Waals surface area contributed by atoms with Gasteiger partial charge in [-0.15, -0.1) is 11.8 Å². The molecule has 0 spiro atoms. The summed E-state index contributed by atoms with van der Waals surface area (Å²) in [5, 5.41) is -0.0880. The van der Waals surface area contributed by atoms with Crippen LogP contribution in [0.5, 0.6) is 11.5 Å². The molecule has 146 valence electrons. The van der Waals surface area contributed by atoms with Gasteiger partial charge < -0.3 is 14.4 Å². The minimum Gasteiger partial charge on any atom is -0.493 e. The first-order chi connectivity index (χ1) is 13.0. The maximum atomic E-state index is 13.9. The monoisotopic (exact) mass is 391 g/mol. The van der Waals surface area contributed by atoms with Crippen LogP contribution in [0.3, 0.4) is 0 Å². The fraction of sp³-hybridized carbons (Fsp3) is 0.381. The van der Waals surface area contributed by atoms with Gasteiger partial charge in [-0.25, -0.2) is 4.39 Å². The number of carbonyl (C=O) groups is 1. The van der Waals surface area contributed by atoms with Crippen LogP contribution in [0.1, 0.15) is 30.2 Å². The SMILES string of the molecule is CCN(Cc1ccc(OC)c(OC)c1)C(=O)CSC(C)c1ccccc1F. The smallest absolute Gasteiger partial charge is 0.232 e. The van der Waals surface area contributed by atoms with Crippen molar-refractivity contribution < 1.29 is 18.7 Å². The highest BCUT2D eigenvalue weighted by Crippen LogP contribution is 2.31. The second-order valence-corrected chi connectivity index (χ2v) is 7.40. The number of ether oxygens (including phenoxy) is 2. The van der Waals surface area contributed by atoms with Crippen LogP contribution in [-0.2, 0) is 11.3 Å². The zero-order valence-electron chi connectivity index (χ0n) is 16.2. The van der Waals surface area contributed by atoms with E-state index in [1.165, 1.54) is 17.8 Å². The number of thioether (sulfide) groups is 1. The molecule has 0 saturated carbocycles. The quantitative estimate of drug-likeness (QED) is 0.622. The summed E-state index contributed by atoms with van der Waals surface area (Å²) in [5.74, 6) is 1.39. The van der Waals surface area contributed by atoms with E-state index in [-0.39, 0.29) is 17.0 Å². The summed E-state index contributed by atoms with van der Waals surface area (Å²) in [7, 11) is 3.18. The van der Waals surface area contributed by atoms with E-state index in [1.54, 1.807) is 31.3 Å². The van der Waals surface area contributed by atoms with Crippen molar-refractivity contribution in [2.45, 2.75) is 25.6 Å². The lowest BCUT2D eigenvalue weighted by Gasteiger charge is -2.22.